The quantitative estimate of drug-likeness (QED) is 0.614. The number of pyridine rings is 1. The summed E-state index contributed by atoms with van der Waals surface area (Å²) in [6.07, 6.45) is 3.68. The van der Waals surface area contributed by atoms with Crippen molar-refractivity contribution in [2.75, 3.05) is 13.1 Å². The van der Waals surface area contributed by atoms with Crippen molar-refractivity contribution in [2.24, 2.45) is 7.05 Å². The van der Waals surface area contributed by atoms with E-state index in [1.54, 1.807) is 18.0 Å². The fourth-order valence-corrected chi connectivity index (χ4v) is 4.57. The number of likely N-dealkylation sites (tertiary alicyclic amines) is 1. The van der Waals surface area contributed by atoms with E-state index < -0.39 is 0 Å². The summed E-state index contributed by atoms with van der Waals surface area (Å²) in [6, 6.07) is 13.7. The number of amides is 1. The third-order valence-corrected chi connectivity index (χ3v) is 6.45. The van der Waals surface area contributed by atoms with E-state index in [-0.39, 0.29) is 18.4 Å². The molecule has 1 saturated heterocycles. The summed E-state index contributed by atoms with van der Waals surface area (Å²) < 4.78 is 1.84. The average molecular weight is 424 g/mol. The molecule has 0 aliphatic carbocycles. The van der Waals surface area contributed by atoms with Crippen molar-refractivity contribution in [3.05, 3.63) is 71.4 Å². The Hall–Kier alpha value is -2.71. The van der Waals surface area contributed by atoms with Crippen molar-refractivity contribution in [3.63, 3.8) is 0 Å². The summed E-state index contributed by atoms with van der Waals surface area (Å²) in [5.74, 6) is 2.38. The maximum absolute atomic E-state index is 13.0. The standard InChI is InChI=1S/C22H25N5O2S/c1-26-19(14-28)24-25-21(26)18-5-4-12-27(13-18)22(29)17-9-7-16(8-10-17)15-30-20-6-2-3-11-23-20/h2-3,6-11,18,28H,4-5,12-15H2,1H3. The average Bonchev–Trinajstić information content (AvgIpc) is 3.18. The van der Waals surface area contributed by atoms with Gasteiger partial charge in [-0.05, 0) is 42.7 Å². The highest BCUT2D eigenvalue weighted by Crippen LogP contribution is 2.27. The number of carbonyl (C=O) groups excluding carboxylic acids is 1. The van der Waals surface area contributed by atoms with Crippen LogP contribution in [0.2, 0.25) is 0 Å². The lowest BCUT2D eigenvalue weighted by atomic mass is 9.96. The minimum absolute atomic E-state index is 0.0492. The second-order valence-electron chi connectivity index (χ2n) is 7.44. The smallest absolute Gasteiger partial charge is 0.253 e. The zero-order chi connectivity index (χ0) is 20.9. The highest BCUT2D eigenvalue weighted by molar-refractivity contribution is 7.98. The monoisotopic (exact) mass is 423 g/mol. The molecule has 1 atom stereocenters. The van der Waals surface area contributed by atoms with Gasteiger partial charge in [0.2, 0.25) is 0 Å². The van der Waals surface area contributed by atoms with Gasteiger partial charge in [-0.1, -0.05) is 18.2 Å². The maximum Gasteiger partial charge on any atom is 0.253 e. The molecule has 1 amide bonds. The molecule has 3 heterocycles. The molecule has 0 spiro atoms. The maximum atomic E-state index is 13.0. The van der Waals surface area contributed by atoms with Crippen LogP contribution in [0.3, 0.4) is 0 Å². The molecule has 1 unspecified atom stereocenters. The van der Waals surface area contributed by atoms with Crippen molar-refractivity contribution >= 4 is 17.7 Å². The number of aliphatic hydroxyl groups excluding tert-OH is 1. The highest BCUT2D eigenvalue weighted by atomic mass is 32.2. The van der Waals surface area contributed by atoms with E-state index in [2.05, 4.69) is 15.2 Å². The molecule has 156 valence electrons. The van der Waals surface area contributed by atoms with Crippen LogP contribution in [0.25, 0.3) is 0 Å². The van der Waals surface area contributed by atoms with Gasteiger partial charge in [0, 0.05) is 43.6 Å². The second kappa shape index (κ2) is 9.40. The predicted molar refractivity (Wildman–Crippen MR) is 115 cm³/mol. The van der Waals surface area contributed by atoms with Crippen LogP contribution in [0.15, 0.2) is 53.7 Å². The topological polar surface area (TPSA) is 84.1 Å². The van der Waals surface area contributed by atoms with E-state index in [0.717, 1.165) is 41.6 Å². The molecule has 8 heteroatoms. The Bertz CT molecular complexity index is 991. The normalized spacial score (nSPS) is 16.6. The van der Waals surface area contributed by atoms with Gasteiger partial charge in [-0.25, -0.2) is 4.98 Å². The summed E-state index contributed by atoms with van der Waals surface area (Å²) in [4.78, 5) is 19.3. The van der Waals surface area contributed by atoms with Crippen LogP contribution in [-0.2, 0) is 19.4 Å². The Morgan fingerprint density at radius 2 is 2.03 bits per heavy atom. The number of rotatable bonds is 6. The Kier molecular flexibility index (Phi) is 6.44. The minimum Gasteiger partial charge on any atom is -0.388 e. The molecule has 1 N–H and O–H groups in total. The zero-order valence-electron chi connectivity index (χ0n) is 16.9. The number of thioether (sulfide) groups is 1. The van der Waals surface area contributed by atoms with Crippen LogP contribution in [-0.4, -0.2) is 48.8 Å². The Morgan fingerprint density at radius 1 is 1.20 bits per heavy atom. The van der Waals surface area contributed by atoms with Crippen molar-refractivity contribution in [1.29, 1.82) is 0 Å². The Morgan fingerprint density at radius 3 is 2.73 bits per heavy atom. The van der Waals surface area contributed by atoms with Crippen molar-refractivity contribution in [2.45, 2.75) is 36.1 Å². The van der Waals surface area contributed by atoms with E-state index in [1.807, 2.05) is 59.0 Å². The van der Waals surface area contributed by atoms with Crippen molar-refractivity contribution in [1.82, 2.24) is 24.6 Å². The van der Waals surface area contributed by atoms with Gasteiger partial charge in [-0.3, -0.25) is 4.79 Å². The van der Waals surface area contributed by atoms with E-state index >= 15 is 0 Å². The number of hydrogen-bond donors (Lipinski definition) is 1. The largest absolute Gasteiger partial charge is 0.388 e. The molecule has 0 radical (unpaired) electrons. The molecule has 4 rings (SSSR count). The summed E-state index contributed by atoms with van der Waals surface area (Å²) in [6.45, 7) is 1.23. The van der Waals surface area contributed by atoms with Crippen molar-refractivity contribution in [3.8, 4) is 0 Å². The van der Waals surface area contributed by atoms with Crippen LogP contribution < -0.4 is 0 Å². The number of nitrogens with zero attached hydrogens (tertiary/aromatic N) is 5. The molecule has 0 saturated carbocycles. The fourth-order valence-electron chi connectivity index (χ4n) is 3.76. The van der Waals surface area contributed by atoms with Gasteiger partial charge >= 0.3 is 0 Å². The first-order chi connectivity index (χ1) is 14.7. The molecule has 1 aromatic carbocycles. The summed E-state index contributed by atoms with van der Waals surface area (Å²) in [5, 5.41) is 18.6. The number of piperidine rings is 1. The summed E-state index contributed by atoms with van der Waals surface area (Å²) >= 11 is 1.68. The molecule has 30 heavy (non-hydrogen) atoms. The predicted octanol–water partition coefficient (Wildman–Crippen LogP) is 3.01. The van der Waals surface area contributed by atoms with Gasteiger partial charge in [-0.15, -0.1) is 22.0 Å². The lowest BCUT2D eigenvalue weighted by Gasteiger charge is -2.32. The Balaban J connectivity index is 1.39. The minimum atomic E-state index is -0.135. The van der Waals surface area contributed by atoms with Crippen LogP contribution >= 0.6 is 11.8 Å². The number of benzene rings is 1. The van der Waals surface area contributed by atoms with E-state index in [1.165, 1.54) is 0 Å². The van der Waals surface area contributed by atoms with Crippen LogP contribution in [0, 0.1) is 0 Å². The van der Waals surface area contributed by atoms with Crippen LogP contribution in [0.5, 0.6) is 0 Å². The first kappa shape index (κ1) is 20.6. The summed E-state index contributed by atoms with van der Waals surface area (Å²) in [5.41, 5.74) is 1.87. The second-order valence-corrected chi connectivity index (χ2v) is 8.43. The van der Waals surface area contributed by atoms with Gasteiger partial charge in [-0.2, -0.15) is 0 Å². The molecule has 2 aromatic heterocycles. The molecule has 0 bridgehead atoms. The number of hydrogen-bond acceptors (Lipinski definition) is 6. The fraction of sp³-hybridized carbons (Fsp3) is 0.364. The number of carbonyl (C=O) groups is 1. The molecule has 1 aliphatic heterocycles. The van der Waals surface area contributed by atoms with E-state index in [9.17, 15) is 9.90 Å². The molecule has 1 aliphatic rings. The van der Waals surface area contributed by atoms with E-state index in [0.29, 0.717) is 17.9 Å². The lowest BCUT2D eigenvalue weighted by Crippen LogP contribution is -2.39. The number of aliphatic hydroxyl groups is 1. The lowest BCUT2D eigenvalue weighted by molar-refractivity contribution is 0.0703. The molecule has 7 nitrogen and oxygen atoms in total. The molecular weight excluding hydrogens is 398 g/mol. The van der Waals surface area contributed by atoms with Gasteiger partial charge in [0.15, 0.2) is 5.82 Å². The van der Waals surface area contributed by atoms with Gasteiger partial charge in [0.25, 0.3) is 5.91 Å². The zero-order valence-corrected chi connectivity index (χ0v) is 17.8. The highest BCUT2D eigenvalue weighted by Gasteiger charge is 2.28. The SMILES string of the molecule is Cn1c(CO)nnc1C1CCCN(C(=O)c2ccc(CSc3ccccn3)cc2)C1. The molecular formula is C22H25N5O2S. The van der Waals surface area contributed by atoms with Crippen molar-refractivity contribution < 1.29 is 9.90 Å². The van der Waals surface area contributed by atoms with Gasteiger partial charge in [0.05, 0.1) is 5.03 Å². The third kappa shape index (κ3) is 4.55. The third-order valence-electron chi connectivity index (χ3n) is 5.44. The first-order valence-corrected chi connectivity index (χ1v) is 11.1. The Labute approximate surface area is 180 Å². The summed E-state index contributed by atoms with van der Waals surface area (Å²) in [7, 11) is 1.86. The van der Waals surface area contributed by atoms with Gasteiger partial charge < -0.3 is 14.6 Å². The van der Waals surface area contributed by atoms with E-state index in [4.69, 9.17) is 0 Å². The van der Waals surface area contributed by atoms with Gasteiger partial charge in [0.1, 0.15) is 12.4 Å². The van der Waals surface area contributed by atoms with Crippen LogP contribution in [0.4, 0.5) is 0 Å². The first-order valence-electron chi connectivity index (χ1n) is 10.1. The van der Waals surface area contributed by atoms with Crippen LogP contribution in [0.1, 0.15) is 46.3 Å². The molecule has 3 aromatic rings. The number of aromatic nitrogens is 4. The molecule has 1 fully saturated rings.